The Morgan fingerprint density at radius 3 is 2.58 bits per heavy atom. The first kappa shape index (κ1) is 9.31. The van der Waals surface area contributed by atoms with Crippen molar-refractivity contribution in [3.63, 3.8) is 0 Å². The Bertz CT molecular complexity index is 152. The molecule has 12 heavy (non-hydrogen) atoms. The standard InChI is InChI=1S/C12H17/c1-2-4-6-8-10-12-11-9-7-5-3-1/h1-4,8H,5,7,9-12H2. The molecule has 0 heteroatoms. The van der Waals surface area contributed by atoms with Gasteiger partial charge in [0.05, 0.1) is 0 Å². The molecule has 1 rings (SSSR count). The monoisotopic (exact) mass is 161 g/mol. The fourth-order valence-electron chi connectivity index (χ4n) is 1.30. The summed E-state index contributed by atoms with van der Waals surface area (Å²) in [5, 5.41) is 0. The van der Waals surface area contributed by atoms with Crippen LogP contribution in [-0.2, 0) is 0 Å². The minimum Gasteiger partial charge on any atom is -0.0845 e. The summed E-state index contributed by atoms with van der Waals surface area (Å²) in [4.78, 5) is 0. The van der Waals surface area contributed by atoms with Gasteiger partial charge in [-0.2, -0.15) is 0 Å². The SMILES string of the molecule is [C]1=CCCCCCCC=CC=C1. The molecule has 0 aromatic rings. The molecule has 0 atom stereocenters. The van der Waals surface area contributed by atoms with Crippen molar-refractivity contribution in [2.45, 2.75) is 38.5 Å². The second-order valence-electron chi connectivity index (χ2n) is 3.15. The summed E-state index contributed by atoms with van der Waals surface area (Å²) in [7, 11) is 0. The molecule has 0 aliphatic heterocycles. The molecule has 0 fully saturated rings. The van der Waals surface area contributed by atoms with Crippen molar-refractivity contribution in [1.29, 1.82) is 0 Å². The number of hydrogen-bond acceptors (Lipinski definition) is 0. The summed E-state index contributed by atoms with van der Waals surface area (Å²) in [6, 6.07) is 0. The van der Waals surface area contributed by atoms with Crippen molar-refractivity contribution in [1.82, 2.24) is 0 Å². The van der Waals surface area contributed by atoms with Gasteiger partial charge in [-0.1, -0.05) is 43.2 Å². The van der Waals surface area contributed by atoms with E-state index in [1.54, 1.807) is 0 Å². The van der Waals surface area contributed by atoms with Crippen molar-refractivity contribution in [3.8, 4) is 0 Å². The molecule has 0 N–H and O–H groups in total. The summed E-state index contributed by atoms with van der Waals surface area (Å²) in [5.74, 6) is 0. The molecule has 0 aromatic carbocycles. The van der Waals surface area contributed by atoms with Crippen molar-refractivity contribution < 1.29 is 0 Å². The van der Waals surface area contributed by atoms with Gasteiger partial charge in [0.25, 0.3) is 0 Å². The molecule has 1 aliphatic carbocycles. The molecule has 0 bridgehead atoms. The average molecular weight is 161 g/mol. The normalized spacial score (nSPS) is 20.0. The maximum Gasteiger partial charge on any atom is -0.0227 e. The molecular formula is C12H17. The molecule has 0 unspecified atom stereocenters. The molecule has 0 spiro atoms. The van der Waals surface area contributed by atoms with Crippen LogP contribution < -0.4 is 0 Å². The smallest absolute Gasteiger partial charge is 0.0227 e. The fourth-order valence-corrected chi connectivity index (χ4v) is 1.30. The summed E-state index contributed by atoms with van der Waals surface area (Å²) in [6.07, 6.45) is 21.5. The minimum atomic E-state index is 1.19. The second-order valence-corrected chi connectivity index (χ2v) is 3.15. The van der Waals surface area contributed by atoms with Crippen LogP contribution in [0.15, 0.2) is 30.4 Å². The quantitative estimate of drug-likeness (QED) is 0.506. The van der Waals surface area contributed by atoms with E-state index in [0.717, 1.165) is 0 Å². The molecule has 0 amide bonds. The minimum absolute atomic E-state index is 1.19. The molecule has 0 nitrogen and oxygen atoms in total. The Kier molecular flexibility index (Phi) is 5.35. The summed E-state index contributed by atoms with van der Waals surface area (Å²) >= 11 is 0. The highest BCUT2D eigenvalue weighted by Gasteiger charge is 1.87. The van der Waals surface area contributed by atoms with Crippen LogP contribution in [0.1, 0.15) is 38.5 Å². The highest BCUT2D eigenvalue weighted by atomic mass is 13.9. The third kappa shape index (κ3) is 4.95. The van der Waals surface area contributed by atoms with E-state index >= 15 is 0 Å². The van der Waals surface area contributed by atoms with Gasteiger partial charge in [0.15, 0.2) is 0 Å². The van der Waals surface area contributed by atoms with Gasteiger partial charge in [0.2, 0.25) is 0 Å². The van der Waals surface area contributed by atoms with Crippen LogP contribution in [0.4, 0.5) is 0 Å². The van der Waals surface area contributed by atoms with Gasteiger partial charge in [-0.3, -0.25) is 0 Å². The largest absolute Gasteiger partial charge is 0.0845 e. The Morgan fingerprint density at radius 1 is 0.833 bits per heavy atom. The van der Waals surface area contributed by atoms with E-state index in [0.29, 0.717) is 0 Å². The van der Waals surface area contributed by atoms with Gasteiger partial charge < -0.3 is 0 Å². The first-order chi connectivity index (χ1) is 6.00. The van der Waals surface area contributed by atoms with E-state index in [1.807, 2.05) is 6.08 Å². The molecular weight excluding hydrogens is 144 g/mol. The van der Waals surface area contributed by atoms with Crippen LogP contribution in [-0.4, -0.2) is 0 Å². The summed E-state index contributed by atoms with van der Waals surface area (Å²) < 4.78 is 0. The maximum atomic E-state index is 3.15. The average Bonchev–Trinajstić information content (AvgIpc) is 2.05. The van der Waals surface area contributed by atoms with E-state index in [4.69, 9.17) is 0 Å². The lowest BCUT2D eigenvalue weighted by atomic mass is 10.1. The van der Waals surface area contributed by atoms with Gasteiger partial charge >= 0.3 is 0 Å². The lowest BCUT2D eigenvalue weighted by Gasteiger charge is -1.96. The predicted octanol–water partition coefficient (Wildman–Crippen LogP) is 3.81. The topological polar surface area (TPSA) is 0 Å². The highest BCUT2D eigenvalue weighted by Crippen LogP contribution is 2.06. The van der Waals surface area contributed by atoms with Crippen molar-refractivity contribution in [2.24, 2.45) is 0 Å². The van der Waals surface area contributed by atoms with Crippen LogP contribution >= 0.6 is 0 Å². The molecule has 0 saturated heterocycles. The Morgan fingerprint density at radius 2 is 1.67 bits per heavy atom. The van der Waals surface area contributed by atoms with Crippen molar-refractivity contribution in [3.05, 3.63) is 36.5 Å². The van der Waals surface area contributed by atoms with E-state index < -0.39 is 0 Å². The van der Waals surface area contributed by atoms with E-state index in [9.17, 15) is 0 Å². The summed E-state index contributed by atoms with van der Waals surface area (Å²) in [6.45, 7) is 0. The number of rotatable bonds is 0. The molecule has 1 aliphatic rings. The third-order valence-corrected chi connectivity index (χ3v) is 2.03. The Hall–Kier alpha value is -0.780. The third-order valence-electron chi connectivity index (χ3n) is 2.03. The van der Waals surface area contributed by atoms with Crippen molar-refractivity contribution >= 4 is 0 Å². The van der Waals surface area contributed by atoms with E-state index in [-0.39, 0.29) is 0 Å². The van der Waals surface area contributed by atoms with Crippen LogP contribution in [0.25, 0.3) is 0 Å². The fraction of sp³-hybridized carbons (Fsp3) is 0.500. The first-order valence-electron chi connectivity index (χ1n) is 4.89. The zero-order valence-electron chi connectivity index (χ0n) is 7.63. The zero-order valence-corrected chi connectivity index (χ0v) is 7.63. The van der Waals surface area contributed by atoms with Gasteiger partial charge in [-0.15, -0.1) is 0 Å². The molecule has 0 saturated carbocycles. The Labute approximate surface area is 75.7 Å². The first-order valence-corrected chi connectivity index (χ1v) is 4.89. The Balaban J connectivity index is 2.32. The van der Waals surface area contributed by atoms with Gasteiger partial charge in [0, 0.05) is 0 Å². The number of hydrogen-bond donors (Lipinski definition) is 0. The van der Waals surface area contributed by atoms with E-state index in [2.05, 4.69) is 30.4 Å². The lowest BCUT2D eigenvalue weighted by Crippen LogP contribution is -1.77. The van der Waals surface area contributed by atoms with Gasteiger partial charge in [-0.25, -0.2) is 0 Å². The summed E-state index contributed by atoms with van der Waals surface area (Å²) in [5.41, 5.74) is 0. The second kappa shape index (κ2) is 6.90. The van der Waals surface area contributed by atoms with Crippen LogP contribution in [0.2, 0.25) is 0 Å². The van der Waals surface area contributed by atoms with E-state index in [1.165, 1.54) is 38.5 Å². The van der Waals surface area contributed by atoms with Crippen molar-refractivity contribution in [2.75, 3.05) is 0 Å². The van der Waals surface area contributed by atoms with Crippen LogP contribution in [0.5, 0.6) is 0 Å². The van der Waals surface area contributed by atoms with Crippen LogP contribution in [0, 0.1) is 6.08 Å². The number of allylic oxidation sites excluding steroid dienone is 6. The van der Waals surface area contributed by atoms with Gasteiger partial charge in [-0.05, 0) is 31.8 Å². The molecule has 1 radical (unpaired) electrons. The highest BCUT2D eigenvalue weighted by molar-refractivity contribution is 5.07. The predicted molar refractivity (Wildman–Crippen MR) is 53.8 cm³/mol. The maximum absolute atomic E-state index is 3.15. The lowest BCUT2D eigenvalue weighted by molar-refractivity contribution is 0.652. The zero-order chi connectivity index (χ0) is 8.49. The van der Waals surface area contributed by atoms with Crippen LogP contribution in [0.3, 0.4) is 0 Å². The molecule has 0 aromatic heterocycles. The molecule has 65 valence electrons. The molecule has 0 heterocycles. The van der Waals surface area contributed by atoms with Gasteiger partial charge in [0.1, 0.15) is 0 Å².